The highest BCUT2D eigenvalue weighted by Crippen LogP contribution is 2.31. The lowest BCUT2D eigenvalue weighted by Crippen LogP contribution is -2.13. The molecule has 0 saturated heterocycles. The van der Waals surface area contributed by atoms with Gasteiger partial charge in [-0.2, -0.15) is 0 Å². The van der Waals surface area contributed by atoms with Gasteiger partial charge in [0, 0.05) is 6.54 Å². The van der Waals surface area contributed by atoms with Gasteiger partial charge in [0.05, 0.1) is 6.61 Å². The number of hydrogen-bond acceptors (Lipinski definition) is 3. The van der Waals surface area contributed by atoms with E-state index in [-0.39, 0.29) is 0 Å². The molecule has 0 aliphatic heterocycles. The molecular weight excluding hydrogens is 262 g/mol. The Kier molecular flexibility index (Phi) is 6.10. The van der Waals surface area contributed by atoms with E-state index in [4.69, 9.17) is 9.47 Å². The van der Waals surface area contributed by atoms with E-state index in [1.807, 2.05) is 43.3 Å². The zero-order valence-electron chi connectivity index (χ0n) is 12.8. The largest absolute Gasteiger partial charge is 0.490 e. The fraction of sp³-hybridized carbons (Fsp3) is 0.333. The summed E-state index contributed by atoms with van der Waals surface area (Å²) in [5.41, 5.74) is 1.22. The summed E-state index contributed by atoms with van der Waals surface area (Å²) in [6, 6.07) is 15.9. The van der Waals surface area contributed by atoms with E-state index >= 15 is 0 Å². The van der Waals surface area contributed by atoms with Crippen molar-refractivity contribution < 1.29 is 9.47 Å². The SMILES string of the molecule is CCCNCc1cccc(Oc2ccccc2OCC)c1. The minimum Gasteiger partial charge on any atom is -0.490 e. The second-order valence-corrected chi connectivity index (χ2v) is 4.81. The molecule has 0 bridgehead atoms. The third-order valence-electron chi connectivity index (χ3n) is 3.03. The first-order valence-corrected chi connectivity index (χ1v) is 7.52. The van der Waals surface area contributed by atoms with Crippen LogP contribution in [-0.2, 0) is 6.54 Å². The lowest BCUT2D eigenvalue weighted by Gasteiger charge is -2.12. The quantitative estimate of drug-likeness (QED) is 0.730. The third-order valence-corrected chi connectivity index (χ3v) is 3.03. The molecule has 112 valence electrons. The molecule has 2 rings (SSSR count). The lowest BCUT2D eigenvalue weighted by atomic mass is 10.2. The Hall–Kier alpha value is -2.00. The molecule has 1 N–H and O–H groups in total. The van der Waals surface area contributed by atoms with Crippen molar-refractivity contribution in [2.45, 2.75) is 26.8 Å². The Morgan fingerprint density at radius 1 is 0.952 bits per heavy atom. The van der Waals surface area contributed by atoms with Gasteiger partial charge in [-0.05, 0) is 49.7 Å². The number of para-hydroxylation sites is 2. The molecule has 0 saturated carbocycles. The molecule has 0 aromatic heterocycles. The standard InChI is InChI=1S/C18H23NO2/c1-3-12-19-14-15-8-7-9-16(13-15)21-18-11-6-5-10-17(18)20-4-2/h5-11,13,19H,3-4,12,14H2,1-2H3. The van der Waals surface area contributed by atoms with E-state index in [1.54, 1.807) is 0 Å². The van der Waals surface area contributed by atoms with Gasteiger partial charge in [0.15, 0.2) is 11.5 Å². The Labute approximate surface area is 126 Å². The summed E-state index contributed by atoms with van der Waals surface area (Å²) in [4.78, 5) is 0. The first-order chi connectivity index (χ1) is 10.3. The van der Waals surface area contributed by atoms with E-state index in [9.17, 15) is 0 Å². The molecular formula is C18H23NO2. The van der Waals surface area contributed by atoms with Gasteiger partial charge >= 0.3 is 0 Å². The summed E-state index contributed by atoms with van der Waals surface area (Å²) in [6.07, 6.45) is 1.14. The first kappa shape index (κ1) is 15.4. The molecule has 0 fully saturated rings. The molecule has 0 amide bonds. The van der Waals surface area contributed by atoms with Crippen molar-refractivity contribution in [3.05, 3.63) is 54.1 Å². The van der Waals surface area contributed by atoms with E-state index in [1.165, 1.54) is 5.56 Å². The Balaban J connectivity index is 2.07. The highest BCUT2D eigenvalue weighted by molar-refractivity contribution is 5.43. The van der Waals surface area contributed by atoms with Gasteiger partial charge < -0.3 is 14.8 Å². The first-order valence-electron chi connectivity index (χ1n) is 7.52. The summed E-state index contributed by atoms with van der Waals surface area (Å²) in [5.74, 6) is 2.35. The van der Waals surface area contributed by atoms with Crippen molar-refractivity contribution in [1.29, 1.82) is 0 Å². The smallest absolute Gasteiger partial charge is 0.169 e. The van der Waals surface area contributed by atoms with E-state index in [2.05, 4.69) is 24.4 Å². The van der Waals surface area contributed by atoms with Crippen molar-refractivity contribution in [1.82, 2.24) is 5.32 Å². The molecule has 3 heteroatoms. The number of ether oxygens (including phenoxy) is 2. The van der Waals surface area contributed by atoms with Gasteiger partial charge in [-0.1, -0.05) is 31.2 Å². The van der Waals surface area contributed by atoms with Crippen molar-refractivity contribution in [2.75, 3.05) is 13.2 Å². The average molecular weight is 285 g/mol. The maximum absolute atomic E-state index is 5.96. The van der Waals surface area contributed by atoms with Crippen LogP contribution in [0.25, 0.3) is 0 Å². The zero-order chi connectivity index (χ0) is 14.9. The molecule has 21 heavy (non-hydrogen) atoms. The lowest BCUT2D eigenvalue weighted by molar-refractivity contribution is 0.321. The number of nitrogens with one attached hydrogen (secondary N) is 1. The fourth-order valence-electron chi connectivity index (χ4n) is 2.06. The fourth-order valence-corrected chi connectivity index (χ4v) is 2.06. The van der Waals surface area contributed by atoms with Gasteiger partial charge in [-0.25, -0.2) is 0 Å². The second kappa shape index (κ2) is 8.32. The van der Waals surface area contributed by atoms with Crippen LogP contribution < -0.4 is 14.8 Å². The highest BCUT2D eigenvalue weighted by Gasteiger charge is 2.05. The summed E-state index contributed by atoms with van der Waals surface area (Å²) in [7, 11) is 0. The third kappa shape index (κ3) is 4.80. The maximum atomic E-state index is 5.96. The minimum atomic E-state index is 0.626. The normalized spacial score (nSPS) is 10.4. The van der Waals surface area contributed by atoms with Crippen LogP contribution >= 0.6 is 0 Å². The topological polar surface area (TPSA) is 30.5 Å². The maximum Gasteiger partial charge on any atom is 0.169 e. The van der Waals surface area contributed by atoms with Crippen LogP contribution in [0.15, 0.2) is 48.5 Å². The molecule has 2 aromatic carbocycles. The monoisotopic (exact) mass is 285 g/mol. The Bertz CT molecular complexity index is 554. The summed E-state index contributed by atoms with van der Waals surface area (Å²) >= 11 is 0. The van der Waals surface area contributed by atoms with Crippen LogP contribution in [0.1, 0.15) is 25.8 Å². The van der Waals surface area contributed by atoms with Gasteiger partial charge in [0.1, 0.15) is 5.75 Å². The molecule has 0 aliphatic rings. The predicted octanol–water partition coefficient (Wildman–Crippen LogP) is 4.38. The predicted molar refractivity (Wildman–Crippen MR) is 86.1 cm³/mol. The van der Waals surface area contributed by atoms with E-state index < -0.39 is 0 Å². The van der Waals surface area contributed by atoms with Crippen LogP contribution in [0.2, 0.25) is 0 Å². The molecule has 0 unspecified atom stereocenters. The molecule has 0 spiro atoms. The Morgan fingerprint density at radius 3 is 2.52 bits per heavy atom. The van der Waals surface area contributed by atoms with Gasteiger partial charge in [0.2, 0.25) is 0 Å². The number of hydrogen-bond donors (Lipinski definition) is 1. The average Bonchev–Trinajstić information content (AvgIpc) is 2.50. The van der Waals surface area contributed by atoms with Gasteiger partial charge in [-0.15, -0.1) is 0 Å². The van der Waals surface area contributed by atoms with Crippen LogP contribution in [-0.4, -0.2) is 13.2 Å². The molecule has 3 nitrogen and oxygen atoms in total. The van der Waals surface area contributed by atoms with Crippen LogP contribution in [0.5, 0.6) is 17.2 Å². The molecule has 2 aromatic rings. The summed E-state index contributed by atoms with van der Waals surface area (Å²) in [5, 5.41) is 3.39. The Morgan fingerprint density at radius 2 is 1.76 bits per heavy atom. The van der Waals surface area contributed by atoms with Crippen molar-refractivity contribution in [2.24, 2.45) is 0 Å². The zero-order valence-corrected chi connectivity index (χ0v) is 12.8. The van der Waals surface area contributed by atoms with Gasteiger partial charge in [0.25, 0.3) is 0 Å². The van der Waals surface area contributed by atoms with Crippen molar-refractivity contribution in [3.63, 3.8) is 0 Å². The van der Waals surface area contributed by atoms with Crippen molar-refractivity contribution in [3.8, 4) is 17.2 Å². The van der Waals surface area contributed by atoms with E-state index in [0.717, 1.165) is 36.8 Å². The summed E-state index contributed by atoms with van der Waals surface area (Å²) in [6.45, 7) is 6.64. The number of rotatable bonds is 8. The van der Waals surface area contributed by atoms with Gasteiger partial charge in [-0.3, -0.25) is 0 Å². The number of benzene rings is 2. The van der Waals surface area contributed by atoms with Crippen LogP contribution in [0.3, 0.4) is 0 Å². The van der Waals surface area contributed by atoms with Crippen molar-refractivity contribution >= 4 is 0 Å². The summed E-state index contributed by atoms with van der Waals surface area (Å²) < 4.78 is 11.5. The second-order valence-electron chi connectivity index (χ2n) is 4.81. The molecule has 0 heterocycles. The molecule has 0 radical (unpaired) electrons. The molecule has 0 atom stereocenters. The minimum absolute atomic E-state index is 0.626. The van der Waals surface area contributed by atoms with E-state index in [0.29, 0.717) is 6.61 Å². The highest BCUT2D eigenvalue weighted by atomic mass is 16.5. The molecule has 0 aliphatic carbocycles. The van der Waals surface area contributed by atoms with Crippen LogP contribution in [0, 0.1) is 0 Å². The van der Waals surface area contributed by atoms with Crippen LogP contribution in [0.4, 0.5) is 0 Å².